The van der Waals surface area contributed by atoms with Crippen LogP contribution in [0.1, 0.15) is 116 Å². The van der Waals surface area contributed by atoms with E-state index in [4.69, 9.17) is 4.74 Å². The van der Waals surface area contributed by atoms with E-state index in [1.165, 1.54) is 103 Å². The molecular weight excluding hydrogens is 395 g/mol. The zero-order valence-corrected chi connectivity index (χ0v) is 22.4. The van der Waals surface area contributed by atoms with Crippen molar-refractivity contribution in [3.05, 3.63) is 11.2 Å². The fourth-order valence-electron chi connectivity index (χ4n) is 6.31. The lowest BCUT2D eigenvalue weighted by atomic mass is 9.31. The van der Waals surface area contributed by atoms with Gasteiger partial charge < -0.3 is 4.74 Å². The number of ether oxygens (including phenoxy) is 1. The summed E-state index contributed by atoms with van der Waals surface area (Å²) in [7, 11) is 0.0809. The predicted octanol–water partition coefficient (Wildman–Crippen LogP) is 8.79. The Bertz CT molecular complexity index is 518. The zero-order valence-electron chi connectivity index (χ0n) is 21.4. The second kappa shape index (κ2) is 14.6. The highest BCUT2D eigenvalue weighted by atomic mass is 28.3. The number of rotatable bonds is 6. The zero-order chi connectivity index (χ0) is 22.5. The van der Waals surface area contributed by atoms with Gasteiger partial charge in [0.05, 0.1) is 15.2 Å². The predicted molar refractivity (Wildman–Crippen MR) is 140 cm³/mol. The maximum absolute atomic E-state index is 11.6. The van der Waals surface area contributed by atoms with E-state index >= 15 is 0 Å². The smallest absolute Gasteiger partial charge is 0.305 e. The largest absolute Gasteiger partial charge is 0.469 e. The number of unbranched alkanes of at least 4 members (excludes halogenated alkanes) is 1. The molecule has 0 aromatic heterocycles. The fourth-order valence-corrected chi connectivity index (χ4v) is 8.54. The minimum Gasteiger partial charge on any atom is -0.469 e. The average Bonchev–Trinajstić information content (AvgIpc) is 2.81. The average molecular weight is 447 g/mol. The summed E-state index contributed by atoms with van der Waals surface area (Å²) in [5, 5.41) is 1.85. The molecule has 31 heavy (non-hydrogen) atoms. The molecule has 0 radical (unpaired) electrons. The van der Waals surface area contributed by atoms with Crippen molar-refractivity contribution in [1.82, 2.24) is 0 Å². The number of hydrogen-bond donors (Lipinski definition) is 0. The van der Waals surface area contributed by atoms with Crippen molar-refractivity contribution in [2.75, 3.05) is 7.11 Å². The van der Waals surface area contributed by atoms with Gasteiger partial charge in [0.25, 0.3) is 0 Å². The first kappa shape index (κ1) is 26.7. The van der Waals surface area contributed by atoms with Gasteiger partial charge >= 0.3 is 5.97 Å². The molecule has 2 unspecified atom stereocenters. The van der Waals surface area contributed by atoms with Crippen LogP contribution in [-0.4, -0.2) is 27.9 Å². The van der Waals surface area contributed by atoms with Crippen molar-refractivity contribution in [2.45, 2.75) is 147 Å². The number of carbonyl (C=O) groups excluding carboxylic acids is 1. The van der Waals surface area contributed by atoms with Gasteiger partial charge in [0.15, 0.2) is 6.71 Å². The van der Waals surface area contributed by atoms with Crippen LogP contribution >= 0.6 is 0 Å². The van der Waals surface area contributed by atoms with Gasteiger partial charge in [0, 0.05) is 6.42 Å². The number of carbonyl (C=O) groups is 1. The Balaban J connectivity index is 2.31. The van der Waals surface area contributed by atoms with Crippen LogP contribution < -0.4 is 0 Å². The molecule has 2 nitrogen and oxygen atoms in total. The van der Waals surface area contributed by atoms with Gasteiger partial charge in [0.2, 0.25) is 0 Å². The van der Waals surface area contributed by atoms with Gasteiger partial charge in [-0.1, -0.05) is 134 Å². The SMILES string of the molecule is COC(=O)CCCC=C(B1C2CCCCCCCCCC1CCCCCC2)[Si](C)(C)C. The van der Waals surface area contributed by atoms with Crippen LogP contribution in [0.15, 0.2) is 11.2 Å². The Kier molecular flexibility index (Phi) is 12.6. The molecule has 2 aliphatic heterocycles. The number of esters is 1. The molecule has 2 fully saturated rings. The molecule has 2 aliphatic rings. The summed E-state index contributed by atoms with van der Waals surface area (Å²) < 4.78 is 4.87. The molecule has 0 aliphatic carbocycles. The second-order valence-corrected chi connectivity index (χ2v) is 16.5. The Morgan fingerprint density at radius 1 is 0.806 bits per heavy atom. The van der Waals surface area contributed by atoms with Gasteiger partial charge in [-0.2, -0.15) is 0 Å². The fraction of sp³-hybridized carbons (Fsp3) is 0.889. The van der Waals surface area contributed by atoms with Gasteiger partial charge in [-0.15, -0.1) is 5.10 Å². The maximum atomic E-state index is 11.6. The van der Waals surface area contributed by atoms with Crippen molar-refractivity contribution >= 4 is 20.8 Å². The van der Waals surface area contributed by atoms with E-state index in [2.05, 4.69) is 25.7 Å². The molecular formula is C27H51BO2Si. The van der Waals surface area contributed by atoms with Gasteiger partial charge in [-0.25, -0.2) is 0 Å². The molecule has 2 heterocycles. The van der Waals surface area contributed by atoms with E-state index < -0.39 is 8.07 Å². The molecule has 178 valence electrons. The maximum Gasteiger partial charge on any atom is 0.305 e. The molecule has 2 saturated heterocycles. The van der Waals surface area contributed by atoms with E-state index in [1.54, 1.807) is 0 Å². The monoisotopic (exact) mass is 446 g/mol. The van der Waals surface area contributed by atoms with Crippen molar-refractivity contribution in [1.29, 1.82) is 0 Å². The molecule has 0 aromatic carbocycles. The van der Waals surface area contributed by atoms with Crippen molar-refractivity contribution in [3.8, 4) is 0 Å². The van der Waals surface area contributed by atoms with Crippen molar-refractivity contribution < 1.29 is 9.53 Å². The highest BCUT2D eigenvalue weighted by Gasteiger charge is 2.39. The van der Waals surface area contributed by atoms with Crippen LogP contribution in [0.4, 0.5) is 0 Å². The van der Waals surface area contributed by atoms with Crippen LogP contribution in [0, 0.1) is 0 Å². The van der Waals surface area contributed by atoms with Crippen LogP contribution in [0.25, 0.3) is 0 Å². The molecule has 0 amide bonds. The molecule has 0 spiro atoms. The molecule has 2 rings (SSSR count). The van der Waals surface area contributed by atoms with Gasteiger partial charge in [-0.3, -0.25) is 4.79 Å². The summed E-state index contributed by atoms with van der Waals surface area (Å²) in [6.45, 7) is 8.53. The van der Waals surface area contributed by atoms with Crippen molar-refractivity contribution in [3.63, 3.8) is 0 Å². The molecule has 2 atom stereocenters. The van der Waals surface area contributed by atoms with Crippen LogP contribution in [-0.2, 0) is 9.53 Å². The molecule has 0 N–H and O–H groups in total. The quantitative estimate of drug-likeness (QED) is 0.231. The van der Waals surface area contributed by atoms with E-state index in [1.807, 2.05) is 5.10 Å². The summed E-state index contributed by atoms with van der Waals surface area (Å²) in [6.07, 6.45) is 26.9. The Labute approximate surface area is 195 Å². The van der Waals surface area contributed by atoms with E-state index in [-0.39, 0.29) is 5.97 Å². The second-order valence-electron chi connectivity index (χ2n) is 11.5. The first-order valence-electron chi connectivity index (χ1n) is 13.7. The van der Waals surface area contributed by atoms with Crippen molar-refractivity contribution in [2.24, 2.45) is 0 Å². The molecule has 0 aromatic rings. The molecule has 4 heteroatoms. The number of hydrogen-bond acceptors (Lipinski definition) is 2. The van der Waals surface area contributed by atoms with E-state index in [9.17, 15) is 4.79 Å². The molecule has 0 saturated carbocycles. The Hall–Kier alpha value is -0.508. The van der Waals surface area contributed by atoms with Crippen LogP contribution in [0.5, 0.6) is 0 Å². The summed E-state index contributed by atoms with van der Waals surface area (Å²) in [4.78, 5) is 11.6. The lowest BCUT2D eigenvalue weighted by Crippen LogP contribution is -2.41. The number of fused-ring (bicyclic) bond motifs is 2. The third kappa shape index (κ3) is 9.88. The first-order chi connectivity index (χ1) is 14.9. The Morgan fingerprint density at radius 3 is 1.61 bits per heavy atom. The van der Waals surface area contributed by atoms with Crippen LogP contribution in [0.3, 0.4) is 0 Å². The minimum absolute atomic E-state index is 0.0596. The van der Waals surface area contributed by atoms with E-state index in [0.29, 0.717) is 6.42 Å². The third-order valence-electron chi connectivity index (χ3n) is 7.97. The number of allylic oxidation sites excluding steroid dienone is 1. The topological polar surface area (TPSA) is 26.3 Å². The summed E-state index contributed by atoms with van der Waals surface area (Å²) >= 11 is 0. The van der Waals surface area contributed by atoms with Crippen LogP contribution in [0.2, 0.25) is 31.3 Å². The lowest BCUT2D eigenvalue weighted by molar-refractivity contribution is -0.140. The third-order valence-corrected chi connectivity index (χ3v) is 10.2. The molecule has 2 bridgehead atoms. The van der Waals surface area contributed by atoms with Gasteiger partial charge in [-0.05, 0) is 12.8 Å². The van der Waals surface area contributed by atoms with Gasteiger partial charge in [0.1, 0.15) is 0 Å². The normalized spacial score (nSPS) is 25.4. The standard InChI is InChI=1S/C27H51BO2Si/c1-30-27(29)23-17-16-22-26(31(2,3)4)28-24-18-12-8-6-5-7-9-13-19-25(28)21-15-11-10-14-20-24/h22,24-25H,5-21,23H2,1-4H3. The number of methoxy groups -OCH3 is 1. The van der Waals surface area contributed by atoms with E-state index in [0.717, 1.165) is 31.2 Å². The highest BCUT2D eigenvalue weighted by Crippen LogP contribution is 2.44. The highest BCUT2D eigenvalue weighted by molar-refractivity contribution is 6.99. The minimum atomic E-state index is -1.43. The lowest BCUT2D eigenvalue weighted by Gasteiger charge is -2.38. The summed E-state index contributed by atoms with van der Waals surface area (Å²) in [6, 6.07) is 0. The first-order valence-corrected chi connectivity index (χ1v) is 17.2. The Morgan fingerprint density at radius 2 is 1.23 bits per heavy atom. The summed E-state index contributed by atoms with van der Waals surface area (Å²) in [5.41, 5.74) is 0. The summed E-state index contributed by atoms with van der Waals surface area (Å²) in [5.74, 6) is 1.72.